The molecule has 3 aliphatic carbocycles. The fraction of sp³-hybridized carbons (Fsp3) is 1.00. The van der Waals surface area contributed by atoms with Crippen LogP contribution in [0.2, 0.25) is 0 Å². The Bertz CT molecular complexity index is 451. The van der Waals surface area contributed by atoms with Gasteiger partial charge in [-0.3, -0.25) is 0 Å². The Morgan fingerprint density at radius 3 is 1.31 bits per heavy atom. The molecule has 0 amide bonds. The van der Waals surface area contributed by atoms with Crippen LogP contribution in [0.4, 0.5) is 0 Å². The van der Waals surface area contributed by atoms with Crippen molar-refractivity contribution < 1.29 is 15.3 Å². The fourth-order valence-corrected chi connectivity index (χ4v) is 6.22. The molecule has 0 atom stereocenters. The molecule has 3 saturated carbocycles. The molecule has 0 aliphatic heterocycles. The van der Waals surface area contributed by atoms with Crippen LogP contribution >= 0.6 is 0 Å². The molecule has 0 aromatic rings. The van der Waals surface area contributed by atoms with Crippen molar-refractivity contribution in [1.29, 1.82) is 0 Å². The first-order valence-electron chi connectivity index (χ1n) is 14.1. The van der Waals surface area contributed by atoms with Crippen LogP contribution in [0.1, 0.15) is 144 Å². The van der Waals surface area contributed by atoms with E-state index in [1.807, 2.05) is 0 Å². The van der Waals surface area contributed by atoms with E-state index in [1.54, 1.807) is 0 Å². The summed E-state index contributed by atoms with van der Waals surface area (Å²) in [4.78, 5) is 0. The molecule has 3 fully saturated rings. The molecule has 3 N–H and O–H groups in total. The van der Waals surface area contributed by atoms with Crippen LogP contribution in [0.25, 0.3) is 0 Å². The lowest BCUT2D eigenvalue weighted by Gasteiger charge is -2.33. The Morgan fingerprint density at radius 2 is 0.969 bits per heavy atom. The Morgan fingerprint density at radius 1 is 0.594 bits per heavy atom. The standard InChI is InChI=1S/2C10H20O.C9H18O/c1-8(2)7-9-3-5-10(11)6-4-9;1-9(2)8-10(11)6-4-3-5-7-10;1-8(2)7-9(10)5-3-4-6-9/h8-11H,3-7H2,1-2H3;9,11H,3-8H2,1-2H3;8,10H,3-7H2,1-2H3. The second kappa shape index (κ2) is 15.0. The zero-order valence-electron chi connectivity index (χ0n) is 22.5. The summed E-state index contributed by atoms with van der Waals surface area (Å²) in [6.45, 7) is 13.3. The average Bonchev–Trinajstić information content (AvgIpc) is 3.09. The number of aliphatic hydroxyl groups excluding tert-OH is 1. The van der Waals surface area contributed by atoms with E-state index in [-0.39, 0.29) is 17.3 Å². The van der Waals surface area contributed by atoms with Gasteiger partial charge in [0, 0.05) is 0 Å². The van der Waals surface area contributed by atoms with Crippen molar-refractivity contribution in [2.75, 3.05) is 0 Å². The van der Waals surface area contributed by atoms with Crippen molar-refractivity contribution in [2.24, 2.45) is 23.7 Å². The van der Waals surface area contributed by atoms with E-state index in [9.17, 15) is 15.3 Å². The van der Waals surface area contributed by atoms with Crippen molar-refractivity contribution in [3.63, 3.8) is 0 Å². The van der Waals surface area contributed by atoms with Gasteiger partial charge in [0.2, 0.25) is 0 Å². The van der Waals surface area contributed by atoms with Crippen molar-refractivity contribution in [3.8, 4) is 0 Å². The van der Waals surface area contributed by atoms with Crippen LogP contribution in [0, 0.1) is 23.7 Å². The normalized spacial score (nSPS) is 27.0. The van der Waals surface area contributed by atoms with Crippen molar-refractivity contribution >= 4 is 0 Å². The van der Waals surface area contributed by atoms with Gasteiger partial charge in [0.1, 0.15) is 0 Å². The SMILES string of the molecule is CC(C)CC1(O)CCCC1.CC(C)CC1(O)CCCCC1.CC(C)CC1CCC(O)CC1. The Labute approximate surface area is 200 Å². The maximum absolute atomic E-state index is 10.0. The number of hydrogen-bond donors (Lipinski definition) is 3. The molecule has 0 saturated heterocycles. The Hall–Kier alpha value is -0.120. The van der Waals surface area contributed by atoms with Gasteiger partial charge in [-0.15, -0.1) is 0 Å². The second-order valence-electron chi connectivity index (χ2n) is 12.7. The third kappa shape index (κ3) is 13.6. The molecule has 192 valence electrons. The van der Waals surface area contributed by atoms with Crippen molar-refractivity contribution in [3.05, 3.63) is 0 Å². The van der Waals surface area contributed by atoms with Gasteiger partial charge in [-0.1, -0.05) is 73.6 Å². The zero-order chi connectivity index (χ0) is 24.2. The minimum absolute atomic E-state index is 0.0124. The lowest BCUT2D eigenvalue weighted by atomic mass is 9.79. The summed E-state index contributed by atoms with van der Waals surface area (Å²) < 4.78 is 0. The van der Waals surface area contributed by atoms with E-state index in [2.05, 4.69) is 41.5 Å². The number of hydrogen-bond acceptors (Lipinski definition) is 3. The molecule has 0 aromatic carbocycles. The highest BCUT2D eigenvalue weighted by Crippen LogP contribution is 2.35. The van der Waals surface area contributed by atoms with Gasteiger partial charge in [0.05, 0.1) is 17.3 Å². The Kier molecular flexibility index (Phi) is 14.0. The molecule has 32 heavy (non-hydrogen) atoms. The third-order valence-corrected chi connectivity index (χ3v) is 7.52. The summed E-state index contributed by atoms with van der Waals surface area (Å²) in [6.07, 6.45) is 18.3. The molecule has 3 rings (SSSR count). The van der Waals surface area contributed by atoms with Crippen molar-refractivity contribution in [1.82, 2.24) is 0 Å². The first-order chi connectivity index (χ1) is 14.9. The first-order valence-corrected chi connectivity index (χ1v) is 14.1. The molecule has 3 heteroatoms. The molecule has 0 radical (unpaired) electrons. The van der Waals surface area contributed by atoms with E-state index in [0.717, 1.165) is 63.2 Å². The highest BCUT2D eigenvalue weighted by atomic mass is 16.3. The molecule has 0 spiro atoms. The maximum atomic E-state index is 10.0. The van der Waals surface area contributed by atoms with Crippen LogP contribution in [0.3, 0.4) is 0 Å². The Balaban J connectivity index is 0.000000240. The quantitative estimate of drug-likeness (QED) is 0.386. The van der Waals surface area contributed by atoms with E-state index in [4.69, 9.17) is 0 Å². The van der Waals surface area contributed by atoms with Gasteiger partial charge in [0.25, 0.3) is 0 Å². The van der Waals surface area contributed by atoms with Gasteiger partial charge in [-0.25, -0.2) is 0 Å². The van der Waals surface area contributed by atoms with Gasteiger partial charge in [-0.2, -0.15) is 0 Å². The second-order valence-corrected chi connectivity index (χ2v) is 12.7. The highest BCUT2D eigenvalue weighted by Gasteiger charge is 2.31. The molecular formula is C29H58O3. The topological polar surface area (TPSA) is 60.7 Å². The smallest absolute Gasteiger partial charge is 0.0650 e. The monoisotopic (exact) mass is 454 g/mol. The molecule has 3 nitrogen and oxygen atoms in total. The summed E-state index contributed by atoms with van der Waals surface area (Å²) in [5.41, 5.74) is -0.583. The minimum atomic E-state index is -0.299. The lowest BCUT2D eigenvalue weighted by molar-refractivity contribution is -0.0139. The summed E-state index contributed by atoms with van der Waals surface area (Å²) in [5, 5.41) is 29.2. The van der Waals surface area contributed by atoms with Crippen LogP contribution in [-0.4, -0.2) is 32.6 Å². The zero-order valence-corrected chi connectivity index (χ0v) is 22.5. The van der Waals surface area contributed by atoms with Crippen LogP contribution in [-0.2, 0) is 0 Å². The fourth-order valence-electron chi connectivity index (χ4n) is 6.22. The predicted octanol–water partition coefficient (Wildman–Crippen LogP) is 7.65. The molecule has 0 aromatic heterocycles. The van der Waals surface area contributed by atoms with Crippen molar-refractivity contribution in [2.45, 2.75) is 162 Å². The van der Waals surface area contributed by atoms with Gasteiger partial charge in [-0.05, 0) is 94.3 Å². The van der Waals surface area contributed by atoms with Gasteiger partial charge in [0.15, 0.2) is 0 Å². The van der Waals surface area contributed by atoms with Crippen LogP contribution < -0.4 is 0 Å². The predicted molar refractivity (Wildman–Crippen MR) is 138 cm³/mol. The van der Waals surface area contributed by atoms with E-state index >= 15 is 0 Å². The van der Waals surface area contributed by atoms with E-state index in [0.29, 0.717) is 11.8 Å². The highest BCUT2D eigenvalue weighted by molar-refractivity contribution is 4.85. The van der Waals surface area contributed by atoms with E-state index in [1.165, 1.54) is 51.4 Å². The molecule has 0 heterocycles. The van der Waals surface area contributed by atoms with Crippen LogP contribution in [0.15, 0.2) is 0 Å². The van der Waals surface area contributed by atoms with Gasteiger partial charge < -0.3 is 15.3 Å². The number of aliphatic hydroxyl groups is 3. The largest absolute Gasteiger partial charge is 0.393 e. The summed E-state index contributed by atoms with van der Waals surface area (Å²) >= 11 is 0. The van der Waals surface area contributed by atoms with Gasteiger partial charge >= 0.3 is 0 Å². The summed E-state index contributed by atoms with van der Waals surface area (Å²) in [7, 11) is 0. The molecule has 3 aliphatic rings. The lowest BCUT2D eigenvalue weighted by Crippen LogP contribution is -2.32. The molecule has 0 bridgehead atoms. The number of rotatable bonds is 6. The van der Waals surface area contributed by atoms with E-state index < -0.39 is 0 Å². The maximum Gasteiger partial charge on any atom is 0.0650 e. The first kappa shape index (κ1) is 29.9. The molecule has 0 unspecified atom stereocenters. The molecular weight excluding hydrogens is 396 g/mol. The summed E-state index contributed by atoms with van der Waals surface area (Å²) in [5.74, 6) is 3.01. The third-order valence-electron chi connectivity index (χ3n) is 7.52. The van der Waals surface area contributed by atoms with Crippen LogP contribution in [0.5, 0.6) is 0 Å². The minimum Gasteiger partial charge on any atom is -0.393 e. The average molecular weight is 455 g/mol. The summed E-state index contributed by atoms with van der Waals surface area (Å²) in [6, 6.07) is 0.